The fourth-order valence-corrected chi connectivity index (χ4v) is 6.06. The molecule has 0 spiro atoms. The average molecular weight is 575 g/mol. The molecule has 0 aromatic heterocycles. The molecule has 2 aromatic rings. The molecular formula is C29H34O12. The van der Waals surface area contributed by atoms with E-state index in [-0.39, 0.29) is 19.1 Å². The van der Waals surface area contributed by atoms with Crippen LogP contribution in [-0.4, -0.2) is 103 Å². The lowest BCUT2D eigenvalue weighted by Gasteiger charge is -2.39. The lowest BCUT2D eigenvalue weighted by atomic mass is 9.89. The lowest BCUT2D eigenvalue weighted by Crippen LogP contribution is -2.59. The van der Waals surface area contributed by atoms with Crippen molar-refractivity contribution in [3.05, 3.63) is 53.1 Å². The fraction of sp³-hybridized carbons (Fsp3) is 0.517. The van der Waals surface area contributed by atoms with Crippen molar-refractivity contribution >= 4 is 0 Å². The first-order chi connectivity index (χ1) is 19.7. The van der Waals surface area contributed by atoms with Crippen molar-refractivity contribution in [1.82, 2.24) is 0 Å². The van der Waals surface area contributed by atoms with Crippen molar-refractivity contribution in [2.75, 3.05) is 34.0 Å². The number of aliphatic hydroxyl groups excluding tert-OH is 5. The second-order valence-electron chi connectivity index (χ2n) is 10.6. The molecule has 3 aliphatic heterocycles. The lowest BCUT2D eigenvalue weighted by molar-refractivity contribution is -0.299. The van der Waals surface area contributed by atoms with E-state index < -0.39 is 55.6 Å². The highest BCUT2D eigenvalue weighted by atomic mass is 16.7. The number of hydrogen-bond donors (Lipinski definition) is 5. The number of ether oxygens (including phenoxy) is 7. The third-order valence-electron chi connectivity index (χ3n) is 8.31. The Morgan fingerprint density at radius 2 is 1.71 bits per heavy atom. The van der Waals surface area contributed by atoms with Gasteiger partial charge in [0.05, 0.1) is 33.4 Å². The summed E-state index contributed by atoms with van der Waals surface area (Å²) < 4.78 is 40.7. The molecule has 0 radical (unpaired) electrons. The Bertz CT molecular complexity index is 1310. The van der Waals surface area contributed by atoms with E-state index >= 15 is 0 Å². The smallest absolute Gasteiger partial charge is 0.208 e. The van der Waals surface area contributed by atoms with Crippen LogP contribution in [0.3, 0.4) is 0 Å². The van der Waals surface area contributed by atoms with Crippen molar-refractivity contribution in [3.63, 3.8) is 0 Å². The summed E-state index contributed by atoms with van der Waals surface area (Å²) in [5.74, 6) is 1.85. The molecule has 3 heterocycles. The first-order valence-electron chi connectivity index (χ1n) is 13.4. The molecule has 5 N–H and O–H groups in total. The number of fused-ring (bicyclic) bond motifs is 3. The van der Waals surface area contributed by atoms with Gasteiger partial charge in [-0.3, -0.25) is 0 Å². The van der Waals surface area contributed by atoms with Crippen molar-refractivity contribution in [2.45, 2.75) is 61.4 Å². The van der Waals surface area contributed by atoms with E-state index in [4.69, 9.17) is 33.2 Å². The van der Waals surface area contributed by atoms with Crippen LogP contribution in [0.5, 0.6) is 28.7 Å². The molecule has 2 aromatic carbocycles. The van der Waals surface area contributed by atoms with Crippen molar-refractivity contribution in [1.29, 1.82) is 0 Å². The van der Waals surface area contributed by atoms with Crippen LogP contribution in [0.15, 0.2) is 36.4 Å². The second kappa shape index (κ2) is 11.0. The Labute approximate surface area is 236 Å². The molecule has 1 fully saturated rings. The zero-order valence-electron chi connectivity index (χ0n) is 22.6. The molecule has 41 heavy (non-hydrogen) atoms. The zero-order chi connectivity index (χ0) is 29.0. The molecule has 0 amide bonds. The summed E-state index contributed by atoms with van der Waals surface area (Å²) in [6.07, 6.45) is -8.19. The van der Waals surface area contributed by atoms with Gasteiger partial charge in [-0.1, -0.05) is 12.6 Å². The minimum absolute atomic E-state index is 0.0436. The number of methoxy groups -OCH3 is 2. The Morgan fingerprint density at radius 1 is 0.951 bits per heavy atom. The Balaban J connectivity index is 1.21. The first kappa shape index (κ1) is 28.0. The summed E-state index contributed by atoms with van der Waals surface area (Å²) in [5, 5.41) is 51.2. The monoisotopic (exact) mass is 574 g/mol. The van der Waals surface area contributed by atoms with Gasteiger partial charge >= 0.3 is 0 Å². The van der Waals surface area contributed by atoms with E-state index in [9.17, 15) is 25.5 Å². The van der Waals surface area contributed by atoms with Gasteiger partial charge in [0.2, 0.25) is 6.29 Å². The minimum atomic E-state index is -1.54. The summed E-state index contributed by atoms with van der Waals surface area (Å²) in [7, 11) is 3.07. The summed E-state index contributed by atoms with van der Waals surface area (Å²) >= 11 is 0. The molecule has 1 aliphatic carbocycles. The maximum Gasteiger partial charge on any atom is 0.208 e. The Kier molecular flexibility index (Phi) is 7.49. The number of hydrogen-bond acceptors (Lipinski definition) is 12. The molecule has 9 atom stereocenters. The van der Waals surface area contributed by atoms with E-state index in [0.717, 1.165) is 11.1 Å². The zero-order valence-corrected chi connectivity index (χ0v) is 22.6. The van der Waals surface area contributed by atoms with Crippen LogP contribution in [-0.2, 0) is 15.9 Å². The number of aliphatic hydroxyl groups is 5. The standard InChI is InChI=1S/C29H34O12/c1-12(10-38-29-26(33)25(32)24(31)21(9-30)40-29)14-6-16-17-5-4-13(14)27(16)41-28(34)23-15-7-19(35-2)20(36-3)8-18(15)37-11-22(23)39-17/h4-5,7-8,14,21-26,28-34H,1,6,9-11H2,2-3H3/t14-,21-,22-,23+,24-,25+,26-,28-,29-/m1/s1. The highest BCUT2D eigenvalue weighted by Crippen LogP contribution is 2.52. The van der Waals surface area contributed by atoms with Crippen LogP contribution in [0.1, 0.15) is 28.5 Å². The largest absolute Gasteiger partial charge is 0.493 e. The van der Waals surface area contributed by atoms with Crippen LogP contribution in [0.25, 0.3) is 0 Å². The first-order valence-corrected chi connectivity index (χ1v) is 13.4. The third-order valence-corrected chi connectivity index (χ3v) is 8.31. The van der Waals surface area contributed by atoms with E-state index in [1.54, 1.807) is 12.1 Å². The van der Waals surface area contributed by atoms with Gasteiger partial charge in [0.15, 0.2) is 17.8 Å². The van der Waals surface area contributed by atoms with E-state index in [1.165, 1.54) is 14.2 Å². The molecule has 1 saturated heterocycles. The summed E-state index contributed by atoms with van der Waals surface area (Å²) in [6.45, 7) is 3.77. The van der Waals surface area contributed by atoms with Gasteiger partial charge < -0.3 is 58.7 Å². The van der Waals surface area contributed by atoms with Crippen LogP contribution in [0.4, 0.5) is 0 Å². The van der Waals surface area contributed by atoms with Gasteiger partial charge in [-0.05, 0) is 24.1 Å². The number of benzene rings is 2. The number of rotatable bonds is 7. The quantitative estimate of drug-likeness (QED) is 0.289. The maximum atomic E-state index is 11.4. The average Bonchev–Trinajstić information content (AvgIpc) is 3.21. The van der Waals surface area contributed by atoms with Gasteiger partial charge in [-0.2, -0.15) is 0 Å². The molecular weight excluding hydrogens is 540 g/mol. The molecule has 222 valence electrons. The molecule has 12 heteroatoms. The third kappa shape index (κ3) is 4.69. The van der Waals surface area contributed by atoms with Crippen molar-refractivity contribution in [3.8, 4) is 28.7 Å². The summed E-state index contributed by atoms with van der Waals surface area (Å²) in [5.41, 5.74) is 2.90. The Hall–Kier alpha value is -3.10. The highest BCUT2D eigenvalue weighted by Gasteiger charge is 2.46. The topological polar surface area (TPSA) is 166 Å². The maximum absolute atomic E-state index is 11.4. The van der Waals surface area contributed by atoms with Gasteiger partial charge in [-0.15, -0.1) is 0 Å². The van der Waals surface area contributed by atoms with Crippen molar-refractivity contribution < 1.29 is 58.7 Å². The van der Waals surface area contributed by atoms with E-state index in [2.05, 4.69) is 6.58 Å². The van der Waals surface area contributed by atoms with Crippen LogP contribution in [0.2, 0.25) is 0 Å². The minimum Gasteiger partial charge on any atom is -0.493 e. The molecule has 12 nitrogen and oxygen atoms in total. The summed E-state index contributed by atoms with van der Waals surface area (Å²) in [4.78, 5) is 0. The highest BCUT2D eigenvalue weighted by molar-refractivity contribution is 5.60. The van der Waals surface area contributed by atoms with E-state index in [1.807, 2.05) is 12.1 Å². The predicted octanol–water partition coefficient (Wildman–Crippen LogP) is 0.351. The van der Waals surface area contributed by atoms with Crippen LogP contribution < -0.4 is 23.7 Å². The van der Waals surface area contributed by atoms with E-state index in [0.29, 0.717) is 46.3 Å². The summed E-state index contributed by atoms with van der Waals surface area (Å²) in [6, 6.07) is 7.21. The molecule has 6 rings (SSSR count). The van der Waals surface area contributed by atoms with Gasteiger partial charge in [-0.25, -0.2) is 0 Å². The Morgan fingerprint density at radius 3 is 2.44 bits per heavy atom. The SMILES string of the molecule is C=C(CO[C@@H]1O[C@H](CO)[C@@H](O)[C@H](O)[C@H]1O)[C@H]1Cc2c3ccc1c2O[C@@H](O)[C@H]1c2cc(OC)c(OC)cc2OC[C@H]1O3. The molecule has 0 saturated carbocycles. The van der Waals surface area contributed by atoms with Gasteiger partial charge in [0.25, 0.3) is 0 Å². The van der Waals surface area contributed by atoms with Crippen LogP contribution in [0, 0.1) is 0 Å². The fourth-order valence-electron chi connectivity index (χ4n) is 6.06. The normalized spacial score (nSPS) is 33.2. The van der Waals surface area contributed by atoms with Crippen molar-refractivity contribution in [2.24, 2.45) is 0 Å². The predicted molar refractivity (Wildman–Crippen MR) is 141 cm³/mol. The van der Waals surface area contributed by atoms with Crippen LogP contribution >= 0.6 is 0 Å². The molecule has 4 bridgehead atoms. The molecule has 4 aliphatic rings. The second-order valence-corrected chi connectivity index (χ2v) is 10.6. The van der Waals surface area contributed by atoms with Gasteiger partial charge in [0, 0.05) is 28.7 Å². The van der Waals surface area contributed by atoms with Gasteiger partial charge in [0.1, 0.15) is 54.4 Å². The molecule has 0 unspecified atom stereocenters.